The van der Waals surface area contributed by atoms with Crippen LogP contribution in [0.2, 0.25) is 0 Å². The molecule has 0 saturated carbocycles. The van der Waals surface area contributed by atoms with Gasteiger partial charge in [-0.2, -0.15) is 0 Å². The summed E-state index contributed by atoms with van der Waals surface area (Å²) in [6.07, 6.45) is 0. The molecule has 0 bridgehead atoms. The van der Waals surface area contributed by atoms with Gasteiger partial charge < -0.3 is 5.32 Å². The maximum absolute atomic E-state index is 11.3. The van der Waals surface area contributed by atoms with E-state index in [9.17, 15) is 4.79 Å². The summed E-state index contributed by atoms with van der Waals surface area (Å²) >= 11 is 1.59. The second-order valence-corrected chi connectivity index (χ2v) is 4.16. The molecule has 1 N–H and O–H groups in total. The zero-order valence-corrected chi connectivity index (χ0v) is 7.29. The van der Waals surface area contributed by atoms with Gasteiger partial charge in [-0.15, -0.1) is 11.3 Å². The Bertz CT molecular complexity index is 314. The summed E-state index contributed by atoms with van der Waals surface area (Å²) < 4.78 is 0. The minimum atomic E-state index is -0.324. The standard InChI is InChI=1S/C8H9NOS/c1-8(2)5-3-4-11-6(5)9-7(8)10/h3-4H,1-2H3,(H,9,10). The Hall–Kier alpha value is -0.830. The average Bonchev–Trinajstić information content (AvgIpc) is 2.41. The third kappa shape index (κ3) is 0.744. The van der Waals surface area contributed by atoms with Gasteiger partial charge in [-0.3, -0.25) is 4.79 Å². The smallest absolute Gasteiger partial charge is 0.235 e. The number of anilines is 1. The monoisotopic (exact) mass is 167 g/mol. The third-order valence-corrected chi connectivity index (χ3v) is 2.96. The van der Waals surface area contributed by atoms with Gasteiger partial charge in [0, 0.05) is 5.56 Å². The lowest BCUT2D eigenvalue weighted by molar-refractivity contribution is -0.119. The Labute approximate surface area is 69.2 Å². The molecule has 0 aromatic carbocycles. The van der Waals surface area contributed by atoms with E-state index in [0.717, 1.165) is 10.6 Å². The van der Waals surface area contributed by atoms with Gasteiger partial charge in [-0.1, -0.05) is 0 Å². The van der Waals surface area contributed by atoms with Crippen molar-refractivity contribution in [3.05, 3.63) is 17.0 Å². The molecule has 1 aliphatic rings. The molecule has 1 aromatic rings. The van der Waals surface area contributed by atoms with Crippen LogP contribution in [0.3, 0.4) is 0 Å². The lowest BCUT2D eigenvalue weighted by Crippen LogP contribution is -2.26. The van der Waals surface area contributed by atoms with E-state index in [1.807, 2.05) is 25.3 Å². The quantitative estimate of drug-likeness (QED) is 0.629. The van der Waals surface area contributed by atoms with Crippen molar-refractivity contribution in [3.8, 4) is 0 Å². The summed E-state index contributed by atoms with van der Waals surface area (Å²) in [7, 11) is 0. The van der Waals surface area contributed by atoms with E-state index in [4.69, 9.17) is 0 Å². The van der Waals surface area contributed by atoms with Gasteiger partial charge in [0.05, 0.1) is 10.4 Å². The highest BCUT2D eigenvalue weighted by Gasteiger charge is 2.38. The number of carbonyl (C=O) groups excluding carboxylic acids is 1. The van der Waals surface area contributed by atoms with Crippen molar-refractivity contribution in [2.24, 2.45) is 0 Å². The number of nitrogens with one attached hydrogen (secondary N) is 1. The first-order valence-electron chi connectivity index (χ1n) is 3.52. The fourth-order valence-corrected chi connectivity index (χ4v) is 2.22. The Morgan fingerprint density at radius 2 is 2.27 bits per heavy atom. The highest BCUT2D eigenvalue weighted by Crippen LogP contribution is 2.40. The van der Waals surface area contributed by atoms with Crippen LogP contribution < -0.4 is 5.32 Å². The Balaban J connectivity index is 2.61. The Morgan fingerprint density at radius 1 is 1.55 bits per heavy atom. The first kappa shape index (κ1) is 6.85. The first-order valence-corrected chi connectivity index (χ1v) is 4.40. The largest absolute Gasteiger partial charge is 0.317 e. The SMILES string of the molecule is CC1(C)C(=O)Nc2sccc21. The van der Waals surface area contributed by atoms with Crippen LogP contribution in [0.15, 0.2) is 11.4 Å². The van der Waals surface area contributed by atoms with Crippen molar-refractivity contribution < 1.29 is 4.79 Å². The maximum atomic E-state index is 11.3. The third-order valence-electron chi connectivity index (χ3n) is 2.13. The number of rotatable bonds is 0. The van der Waals surface area contributed by atoms with Crippen LogP contribution in [0.25, 0.3) is 0 Å². The van der Waals surface area contributed by atoms with E-state index in [1.54, 1.807) is 11.3 Å². The van der Waals surface area contributed by atoms with Crippen LogP contribution in [0, 0.1) is 0 Å². The topological polar surface area (TPSA) is 29.1 Å². The Kier molecular flexibility index (Phi) is 1.16. The highest BCUT2D eigenvalue weighted by atomic mass is 32.1. The summed E-state index contributed by atoms with van der Waals surface area (Å²) in [6.45, 7) is 3.89. The number of fused-ring (bicyclic) bond motifs is 1. The van der Waals surface area contributed by atoms with E-state index in [1.165, 1.54) is 0 Å². The molecule has 1 amide bonds. The summed E-state index contributed by atoms with van der Waals surface area (Å²) in [5.74, 6) is 0.111. The van der Waals surface area contributed by atoms with E-state index in [2.05, 4.69) is 5.32 Å². The molecule has 11 heavy (non-hydrogen) atoms. The van der Waals surface area contributed by atoms with Crippen molar-refractivity contribution in [2.45, 2.75) is 19.3 Å². The van der Waals surface area contributed by atoms with E-state index in [0.29, 0.717) is 0 Å². The summed E-state index contributed by atoms with van der Waals surface area (Å²) in [5.41, 5.74) is 0.808. The average molecular weight is 167 g/mol. The lowest BCUT2D eigenvalue weighted by Gasteiger charge is -2.12. The molecule has 0 aliphatic carbocycles. The van der Waals surface area contributed by atoms with Gasteiger partial charge in [-0.05, 0) is 25.3 Å². The number of thiophene rings is 1. The van der Waals surface area contributed by atoms with Gasteiger partial charge in [0.15, 0.2) is 0 Å². The van der Waals surface area contributed by atoms with Crippen molar-refractivity contribution >= 4 is 22.2 Å². The minimum Gasteiger partial charge on any atom is -0.317 e. The van der Waals surface area contributed by atoms with Crippen molar-refractivity contribution in [1.82, 2.24) is 0 Å². The molecule has 0 radical (unpaired) electrons. The van der Waals surface area contributed by atoms with Crippen LogP contribution >= 0.6 is 11.3 Å². The van der Waals surface area contributed by atoms with Crippen LogP contribution in [0.5, 0.6) is 0 Å². The number of hydrogen-bond acceptors (Lipinski definition) is 2. The number of amides is 1. The molecule has 1 aromatic heterocycles. The van der Waals surface area contributed by atoms with Crippen molar-refractivity contribution in [2.75, 3.05) is 5.32 Å². The lowest BCUT2D eigenvalue weighted by atomic mass is 9.88. The second kappa shape index (κ2) is 1.85. The number of hydrogen-bond donors (Lipinski definition) is 1. The van der Waals surface area contributed by atoms with E-state index < -0.39 is 0 Å². The molecule has 0 saturated heterocycles. The van der Waals surface area contributed by atoms with Crippen LogP contribution in [-0.4, -0.2) is 5.91 Å². The molecule has 0 atom stereocenters. The van der Waals surface area contributed by atoms with Gasteiger partial charge in [0.25, 0.3) is 0 Å². The van der Waals surface area contributed by atoms with Gasteiger partial charge in [-0.25, -0.2) is 0 Å². The van der Waals surface area contributed by atoms with Crippen LogP contribution in [0.4, 0.5) is 5.00 Å². The van der Waals surface area contributed by atoms with Crippen LogP contribution in [-0.2, 0) is 10.2 Å². The zero-order chi connectivity index (χ0) is 8.06. The molecule has 2 nitrogen and oxygen atoms in total. The summed E-state index contributed by atoms with van der Waals surface area (Å²) in [4.78, 5) is 11.3. The second-order valence-electron chi connectivity index (χ2n) is 3.24. The zero-order valence-electron chi connectivity index (χ0n) is 6.47. The summed E-state index contributed by atoms with van der Waals surface area (Å²) in [5, 5.41) is 5.87. The van der Waals surface area contributed by atoms with Gasteiger partial charge in [0.1, 0.15) is 0 Å². The highest BCUT2D eigenvalue weighted by molar-refractivity contribution is 7.14. The van der Waals surface area contributed by atoms with Gasteiger partial charge in [0.2, 0.25) is 5.91 Å². The predicted molar refractivity (Wildman–Crippen MR) is 46.0 cm³/mol. The normalized spacial score (nSPS) is 19.6. The minimum absolute atomic E-state index is 0.111. The molecule has 2 rings (SSSR count). The number of carbonyl (C=O) groups is 1. The molecule has 0 unspecified atom stereocenters. The van der Waals surface area contributed by atoms with Gasteiger partial charge >= 0.3 is 0 Å². The molecule has 1 aliphatic heterocycles. The maximum Gasteiger partial charge on any atom is 0.235 e. The fraction of sp³-hybridized carbons (Fsp3) is 0.375. The van der Waals surface area contributed by atoms with E-state index >= 15 is 0 Å². The first-order chi connectivity index (χ1) is 5.12. The van der Waals surface area contributed by atoms with Crippen molar-refractivity contribution in [1.29, 1.82) is 0 Å². The fourth-order valence-electron chi connectivity index (χ4n) is 1.28. The Morgan fingerprint density at radius 3 is 2.91 bits per heavy atom. The predicted octanol–water partition coefficient (Wildman–Crippen LogP) is 1.98. The molecule has 3 heteroatoms. The molecular weight excluding hydrogens is 158 g/mol. The molecule has 2 heterocycles. The van der Waals surface area contributed by atoms with E-state index in [-0.39, 0.29) is 11.3 Å². The van der Waals surface area contributed by atoms with Crippen LogP contribution in [0.1, 0.15) is 19.4 Å². The van der Waals surface area contributed by atoms with Crippen molar-refractivity contribution in [3.63, 3.8) is 0 Å². The molecular formula is C8H9NOS. The molecule has 58 valence electrons. The molecule has 0 spiro atoms. The summed E-state index contributed by atoms with van der Waals surface area (Å²) in [6, 6.07) is 2.01. The molecule has 0 fully saturated rings.